The average Bonchev–Trinajstić information content (AvgIpc) is 2.29. The van der Waals surface area contributed by atoms with E-state index in [1.807, 2.05) is 0 Å². The zero-order chi connectivity index (χ0) is 10.5. The van der Waals surface area contributed by atoms with Gasteiger partial charge in [0.1, 0.15) is 0 Å². The molecule has 1 N–H and O–H groups in total. The van der Waals surface area contributed by atoms with Gasteiger partial charge in [-0.25, -0.2) is 0 Å². The first kappa shape index (κ1) is 11.4. The number of hydrogen-bond donors (Lipinski definition) is 1. The number of ether oxygens (including phenoxy) is 1. The van der Waals surface area contributed by atoms with E-state index < -0.39 is 0 Å². The third-order valence-electron chi connectivity index (χ3n) is 4.12. The lowest BCUT2D eigenvalue weighted by Crippen LogP contribution is -2.41. The first-order valence-corrected chi connectivity index (χ1v) is 6.67. The van der Waals surface area contributed by atoms with Crippen LogP contribution < -0.4 is 5.32 Å². The van der Waals surface area contributed by atoms with E-state index in [-0.39, 0.29) is 0 Å². The van der Waals surface area contributed by atoms with E-state index in [1.54, 1.807) is 0 Å². The van der Waals surface area contributed by atoms with Gasteiger partial charge in [-0.1, -0.05) is 26.2 Å². The summed E-state index contributed by atoms with van der Waals surface area (Å²) in [5.74, 6) is 1.84. The largest absolute Gasteiger partial charge is 0.380 e. The summed E-state index contributed by atoms with van der Waals surface area (Å²) < 4.78 is 5.49. The highest BCUT2D eigenvalue weighted by Gasteiger charge is 2.22. The fourth-order valence-corrected chi connectivity index (χ4v) is 2.92. The second kappa shape index (κ2) is 5.86. The molecule has 2 aliphatic rings. The molecule has 3 atom stereocenters. The molecule has 88 valence electrons. The fraction of sp³-hybridized carbons (Fsp3) is 1.00. The molecule has 0 aromatic rings. The van der Waals surface area contributed by atoms with Crippen LogP contribution in [0.1, 0.15) is 45.4 Å². The van der Waals surface area contributed by atoms with Crippen molar-refractivity contribution >= 4 is 0 Å². The molecule has 2 heteroatoms. The second-order valence-electron chi connectivity index (χ2n) is 5.34. The van der Waals surface area contributed by atoms with Crippen molar-refractivity contribution in [1.82, 2.24) is 5.32 Å². The Balaban J connectivity index is 1.67. The monoisotopic (exact) mass is 211 g/mol. The maximum Gasteiger partial charge on any atom is 0.0619 e. The Morgan fingerprint density at radius 3 is 2.73 bits per heavy atom. The Labute approximate surface area is 93.8 Å². The second-order valence-corrected chi connectivity index (χ2v) is 5.34. The van der Waals surface area contributed by atoms with Crippen LogP contribution in [0.2, 0.25) is 0 Å². The van der Waals surface area contributed by atoms with Crippen LogP contribution in [-0.2, 0) is 4.74 Å². The highest BCUT2D eigenvalue weighted by atomic mass is 16.5. The van der Waals surface area contributed by atoms with Gasteiger partial charge in [-0.2, -0.15) is 0 Å². The SMILES string of the molecule is CC1CCCCC1CNC1CCCOC1. The predicted molar refractivity (Wildman–Crippen MR) is 63.0 cm³/mol. The quantitative estimate of drug-likeness (QED) is 0.774. The molecule has 1 heterocycles. The Hall–Kier alpha value is -0.0800. The van der Waals surface area contributed by atoms with Crippen LogP contribution in [0.4, 0.5) is 0 Å². The molecule has 0 amide bonds. The van der Waals surface area contributed by atoms with Crippen molar-refractivity contribution in [3.63, 3.8) is 0 Å². The molecule has 0 aromatic heterocycles. The molecule has 1 saturated carbocycles. The number of hydrogen-bond acceptors (Lipinski definition) is 2. The van der Waals surface area contributed by atoms with Gasteiger partial charge in [-0.05, 0) is 37.6 Å². The van der Waals surface area contributed by atoms with Crippen LogP contribution in [0.15, 0.2) is 0 Å². The standard InChI is InChI=1S/C13H25NO/c1-11-5-2-3-6-12(11)9-14-13-7-4-8-15-10-13/h11-14H,2-10H2,1H3. The Kier molecular flexibility index (Phi) is 4.45. The van der Waals surface area contributed by atoms with Crippen LogP contribution in [-0.4, -0.2) is 25.8 Å². The summed E-state index contributed by atoms with van der Waals surface area (Å²) in [6.07, 6.45) is 8.30. The summed E-state index contributed by atoms with van der Waals surface area (Å²) in [6, 6.07) is 0.632. The van der Waals surface area contributed by atoms with Crippen molar-refractivity contribution in [2.24, 2.45) is 11.8 Å². The summed E-state index contributed by atoms with van der Waals surface area (Å²) in [5.41, 5.74) is 0. The Bertz CT molecular complexity index is 177. The normalized spacial score (nSPS) is 37.8. The first-order valence-electron chi connectivity index (χ1n) is 6.67. The molecule has 0 radical (unpaired) electrons. The van der Waals surface area contributed by atoms with Gasteiger partial charge < -0.3 is 10.1 Å². The molecule has 2 rings (SSSR count). The molecule has 3 unspecified atom stereocenters. The van der Waals surface area contributed by atoms with Crippen molar-refractivity contribution < 1.29 is 4.74 Å². The molecule has 15 heavy (non-hydrogen) atoms. The van der Waals surface area contributed by atoms with Crippen LogP contribution in [0.25, 0.3) is 0 Å². The van der Waals surface area contributed by atoms with Gasteiger partial charge in [0.2, 0.25) is 0 Å². The molecule has 2 fully saturated rings. The number of rotatable bonds is 3. The Morgan fingerprint density at radius 1 is 1.13 bits per heavy atom. The van der Waals surface area contributed by atoms with E-state index in [9.17, 15) is 0 Å². The first-order chi connectivity index (χ1) is 7.36. The summed E-state index contributed by atoms with van der Waals surface area (Å²) in [5, 5.41) is 3.70. The topological polar surface area (TPSA) is 21.3 Å². The third kappa shape index (κ3) is 3.46. The molecule has 0 spiro atoms. The van der Waals surface area contributed by atoms with Gasteiger partial charge in [0, 0.05) is 12.6 Å². The minimum Gasteiger partial charge on any atom is -0.380 e. The van der Waals surface area contributed by atoms with E-state index in [4.69, 9.17) is 4.74 Å². The summed E-state index contributed by atoms with van der Waals surface area (Å²) in [7, 11) is 0. The minimum absolute atomic E-state index is 0.632. The molecule has 2 nitrogen and oxygen atoms in total. The molecule has 1 aliphatic carbocycles. The lowest BCUT2D eigenvalue weighted by Gasteiger charge is -2.31. The zero-order valence-corrected chi connectivity index (χ0v) is 10.0. The molecule has 0 aromatic carbocycles. The maximum atomic E-state index is 5.49. The number of nitrogens with one attached hydrogen (secondary N) is 1. The van der Waals surface area contributed by atoms with E-state index >= 15 is 0 Å². The summed E-state index contributed by atoms with van der Waals surface area (Å²) in [4.78, 5) is 0. The highest BCUT2D eigenvalue weighted by Crippen LogP contribution is 2.29. The highest BCUT2D eigenvalue weighted by molar-refractivity contribution is 4.77. The third-order valence-corrected chi connectivity index (χ3v) is 4.12. The molecular formula is C13H25NO. The van der Waals surface area contributed by atoms with Crippen molar-refractivity contribution in [3.05, 3.63) is 0 Å². The average molecular weight is 211 g/mol. The van der Waals surface area contributed by atoms with Crippen LogP contribution >= 0.6 is 0 Å². The zero-order valence-electron chi connectivity index (χ0n) is 10.0. The van der Waals surface area contributed by atoms with E-state index in [0.717, 1.165) is 25.0 Å². The smallest absolute Gasteiger partial charge is 0.0619 e. The van der Waals surface area contributed by atoms with Crippen LogP contribution in [0.3, 0.4) is 0 Å². The van der Waals surface area contributed by atoms with Crippen molar-refractivity contribution in [3.8, 4) is 0 Å². The predicted octanol–water partition coefficient (Wildman–Crippen LogP) is 2.58. The van der Waals surface area contributed by atoms with E-state index in [0.29, 0.717) is 6.04 Å². The van der Waals surface area contributed by atoms with Crippen LogP contribution in [0.5, 0.6) is 0 Å². The Morgan fingerprint density at radius 2 is 2.00 bits per heavy atom. The molecule has 0 bridgehead atoms. The summed E-state index contributed by atoms with van der Waals surface area (Å²) >= 11 is 0. The lowest BCUT2D eigenvalue weighted by atomic mass is 9.80. The van der Waals surface area contributed by atoms with E-state index in [1.165, 1.54) is 45.1 Å². The van der Waals surface area contributed by atoms with Gasteiger partial charge in [0.25, 0.3) is 0 Å². The molecular weight excluding hydrogens is 186 g/mol. The van der Waals surface area contributed by atoms with Gasteiger partial charge >= 0.3 is 0 Å². The van der Waals surface area contributed by atoms with Gasteiger partial charge in [0.05, 0.1) is 6.61 Å². The van der Waals surface area contributed by atoms with Crippen molar-refractivity contribution in [1.29, 1.82) is 0 Å². The molecule has 1 aliphatic heterocycles. The van der Waals surface area contributed by atoms with Gasteiger partial charge in [-0.3, -0.25) is 0 Å². The van der Waals surface area contributed by atoms with Crippen molar-refractivity contribution in [2.45, 2.75) is 51.5 Å². The maximum absolute atomic E-state index is 5.49. The summed E-state index contributed by atoms with van der Waals surface area (Å²) in [6.45, 7) is 5.54. The fourth-order valence-electron chi connectivity index (χ4n) is 2.92. The van der Waals surface area contributed by atoms with Crippen LogP contribution in [0, 0.1) is 11.8 Å². The lowest BCUT2D eigenvalue weighted by molar-refractivity contribution is 0.0669. The molecule has 1 saturated heterocycles. The van der Waals surface area contributed by atoms with Gasteiger partial charge in [0.15, 0.2) is 0 Å². The van der Waals surface area contributed by atoms with Crippen molar-refractivity contribution in [2.75, 3.05) is 19.8 Å². The van der Waals surface area contributed by atoms with Gasteiger partial charge in [-0.15, -0.1) is 0 Å². The minimum atomic E-state index is 0.632. The van der Waals surface area contributed by atoms with E-state index in [2.05, 4.69) is 12.2 Å².